The summed E-state index contributed by atoms with van der Waals surface area (Å²) >= 11 is 0. The average molecular weight is 770 g/mol. The van der Waals surface area contributed by atoms with Crippen LogP contribution in [0.4, 0.5) is 17.1 Å². The van der Waals surface area contributed by atoms with E-state index in [-0.39, 0.29) is 5.41 Å². The van der Waals surface area contributed by atoms with Gasteiger partial charge in [-0.1, -0.05) is 147 Å². The summed E-state index contributed by atoms with van der Waals surface area (Å²) in [7, 11) is 0. The van der Waals surface area contributed by atoms with Crippen LogP contribution in [0.1, 0.15) is 25.0 Å². The molecule has 2 heterocycles. The van der Waals surface area contributed by atoms with E-state index in [1.807, 2.05) is 6.07 Å². The largest absolute Gasteiger partial charge is 0.456 e. The Morgan fingerprint density at radius 2 is 0.750 bits per heavy atom. The molecule has 3 nitrogen and oxygen atoms in total. The van der Waals surface area contributed by atoms with Gasteiger partial charge in [0.1, 0.15) is 22.3 Å². The lowest BCUT2D eigenvalue weighted by molar-refractivity contribution is 0.660. The Morgan fingerprint density at radius 1 is 0.317 bits per heavy atom. The summed E-state index contributed by atoms with van der Waals surface area (Å²) in [5.74, 6) is 0. The Labute approximate surface area is 348 Å². The van der Waals surface area contributed by atoms with Gasteiger partial charge in [-0.05, 0) is 116 Å². The van der Waals surface area contributed by atoms with Crippen molar-refractivity contribution in [2.24, 2.45) is 0 Å². The van der Waals surface area contributed by atoms with E-state index in [1.54, 1.807) is 0 Å². The molecule has 1 aliphatic rings. The van der Waals surface area contributed by atoms with E-state index in [1.165, 1.54) is 44.5 Å². The molecule has 12 rings (SSSR count). The van der Waals surface area contributed by atoms with Gasteiger partial charge in [-0.3, -0.25) is 0 Å². The minimum absolute atomic E-state index is 0.121. The molecule has 3 heteroatoms. The maximum Gasteiger partial charge on any atom is 0.137 e. The first kappa shape index (κ1) is 34.4. The Bertz CT molecular complexity index is 3430. The van der Waals surface area contributed by atoms with Gasteiger partial charge < -0.3 is 13.7 Å². The summed E-state index contributed by atoms with van der Waals surface area (Å²) in [5.41, 5.74) is 18.9. The molecule has 0 spiro atoms. The maximum atomic E-state index is 6.74. The summed E-state index contributed by atoms with van der Waals surface area (Å²) in [5, 5.41) is 4.21. The van der Waals surface area contributed by atoms with Gasteiger partial charge in [0.25, 0.3) is 0 Å². The molecule has 0 saturated carbocycles. The fourth-order valence-corrected chi connectivity index (χ4v) is 9.55. The summed E-state index contributed by atoms with van der Waals surface area (Å²) < 4.78 is 13.3. The van der Waals surface area contributed by atoms with Gasteiger partial charge in [-0.2, -0.15) is 0 Å². The lowest BCUT2D eigenvalue weighted by Crippen LogP contribution is -2.16. The number of anilines is 3. The van der Waals surface area contributed by atoms with Crippen molar-refractivity contribution in [1.82, 2.24) is 0 Å². The van der Waals surface area contributed by atoms with Crippen LogP contribution < -0.4 is 4.90 Å². The van der Waals surface area contributed by atoms with Gasteiger partial charge in [-0.15, -0.1) is 0 Å². The first-order valence-corrected chi connectivity index (χ1v) is 20.6. The number of rotatable bonds is 6. The summed E-state index contributed by atoms with van der Waals surface area (Å²) in [6.45, 7) is 4.67. The van der Waals surface area contributed by atoms with Crippen molar-refractivity contribution in [2.75, 3.05) is 4.90 Å². The van der Waals surface area contributed by atoms with Crippen molar-refractivity contribution in [3.63, 3.8) is 0 Å². The van der Waals surface area contributed by atoms with Crippen LogP contribution in [0, 0.1) is 0 Å². The molecule has 0 aliphatic heterocycles. The zero-order chi connectivity index (χ0) is 40.0. The molecule has 9 aromatic carbocycles. The highest BCUT2D eigenvalue weighted by Gasteiger charge is 2.35. The standard InChI is InChI=1S/C57H39NO2/c1-57(2)51-16-10-9-15-45(51)46-29-26-43(32-52(46)57)58(42-24-21-39(22-25-42)37-13-7-4-8-14-37)44-27-30-48-50-35-55-49(34-56(50)60-54(48)33-44)47-28-23-41(31-53(47)59-55)40-19-17-38(18-20-40)36-11-5-3-6-12-36/h3-35H,1-2H3. The van der Waals surface area contributed by atoms with E-state index in [0.717, 1.165) is 72.1 Å². The van der Waals surface area contributed by atoms with Gasteiger partial charge >= 0.3 is 0 Å². The SMILES string of the molecule is CC1(C)c2ccccc2-c2ccc(N(c3ccc(-c4ccccc4)cc3)c3ccc4c(c3)oc3cc5c(cc34)oc3cc(-c4ccc(-c6ccccc6)cc4)ccc35)cc21. The number of nitrogens with zero attached hydrogens (tertiary/aromatic N) is 1. The molecule has 1 aliphatic carbocycles. The lowest BCUT2D eigenvalue weighted by atomic mass is 9.82. The molecule has 0 bridgehead atoms. The molecule has 0 saturated heterocycles. The van der Waals surface area contributed by atoms with Crippen LogP contribution in [0.5, 0.6) is 0 Å². The van der Waals surface area contributed by atoms with E-state index in [2.05, 4.69) is 213 Å². The van der Waals surface area contributed by atoms with Gasteiger partial charge in [0.2, 0.25) is 0 Å². The van der Waals surface area contributed by atoms with Crippen LogP contribution in [-0.2, 0) is 5.41 Å². The third kappa shape index (κ3) is 5.43. The second kappa shape index (κ2) is 13.2. The van der Waals surface area contributed by atoms with E-state index in [9.17, 15) is 0 Å². The van der Waals surface area contributed by atoms with Crippen LogP contribution >= 0.6 is 0 Å². The minimum Gasteiger partial charge on any atom is -0.456 e. The van der Waals surface area contributed by atoms with Gasteiger partial charge in [0, 0.05) is 50.1 Å². The molecule has 0 fully saturated rings. The maximum absolute atomic E-state index is 6.74. The van der Waals surface area contributed by atoms with Crippen LogP contribution in [0.2, 0.25) is 0 Å². The van der Waals surface area contributed by atoms with Crippen molar-refractivity contribution in [3.8, 4) is 44.5 Å². The van der Waals surface area contributed by atoms with Crippen molar-refractivity contribution in [1.29, 1.82) is 0 Å². The smallest absolute Gasteiger partial charge is 0.137 e. The fourth-order valence-electron chi connectivity index (χ4n) is 9.55. The van der Waals surface area contributed by atoms with Gasteiger partial charge in [0.05, 0.1) is 0 Å². The molecular weight excluding hydrogens is 731 g/mol. The van der Waals surface area contributed by atoms with Crippen molar-refractivity contribution >= 4 is 60.9 Å². The molecule has 0 N–H and O–H groups in total. The van der Waals surface area contributed by atoms with Crippen LogP contribution in [-0.4, -0.2) is 0 Å². The highest BCUT2D eigenvalue weighted by Crippen LogP contribution is 2.51. The number of hydrogen-bond donors (Lipinski definition) is 0. The second-order valence-corrected chi connectivity index (χ2v) is 16.5. The molecule has 2 aromatic heterocycles. The zero-order valence-corrected chi connectivity index (χ0v) is 33.3. The number of hydrogen-bond acceptors (Lipinski definition) is 3. The normalized spacial score (nSPS) is 13.0. The Kier molecular flexibility index (Phi) is 7.58. The van der Waals surface area contributed by atoms with E-state index in [4.69, 9.17) is 8.83 Å². The number of furan rings is 2. The molecular formula is C57H39NO2. The predicted octanol–water partition coefficient (Wildman–Crippen LogP) is 16.3. The zero-order valence-electron chi connectivity index (χ0n) is 33.3. The highest BCUT2D eigenvalue weighted by atomic mass is 16.3. The summed E-state index contributed by atoms with van der Waals surface area (Å²) in [6.07, 6.45) is 0. The third-order valence-corrected chi connectivity index (χ3v) is 12.7. The monoisotopic (exact) mass is 769 g/mol. The van der Waals surface area contributed by atoms with Gasteiger partial charge in [0.15, 0.2) is 0 Å². The minimum atomic E-state index is -0.121. The van der Waals surface area contributed by atoms with Gasteiger partial charge in [-0.25, -0.2) is 0 Å². The average Bonchev–Trinajstić information content (AvgIpc) is 3.92. The van der Waals surface area contributed by atoms with E-state index >= 15 is 0 Å². The Morgan fingerprint density at radius 3 is 1.40 bits per heavy atom. The first-order valence-electron chi connectivity index (χ1n) is 20.6. The first-order chi connectivity index (χ1) is 29.5. The predicted molar refractivity (Wildman–Crippen MR) is 250 cm³/mol. The molecule has 0 radical (unpaired) electrons. The highest BCUT2D eigenvalue weighted by molar-refractivity contribution is 6.15. The lowest BCUT2D eigenvalue weighted by Gasteiger charge is -2.28. The van der Waals surface area contributed by atoms with Crippen molar-refractivity contribution in [2.45, 2.75) is 19.3 Å². The van der Waals surface area contributed by atoms with Crippen LogP contribution in [0.3, 0.4) is 0 Å². The Hall–Kier alpha value is -7.62. The molecule has 284 valence electrons. The van der Waals surface area contributed by atoms with Crippen LogP contribution in [0.25, 0.3) is 88.4 Å². The van der Waals surface area contributed by atoms with Crippen molar-refractivity contribution < 1.29 is 8.83 Å². The third-order valence-electron chi connectivity index (χ3n) is 12.7. The molecule has 60 heavy (non-hydrogen) atoms. The number of fused-ring (bicyclic) bond motifs is 9. The fraction of sp³-hybridized carbons (Fsp3) is 0.0526. The van der Waals surface area contributed by atoms with Crippen LogP contribution in [0.15, 0.2) is 209 Å². The second-order valence-electron chi connectivity index (χ2n) is 16.5. The Balaban J connectivity index is 0.938. The quantitative estimate of drug-likeness (QED) is 0.169. The van der Waals surface area contributed by atoms with Crippen molar-refractivity contribution in [3.05, 3.63) is 211 Å². The summed E-state index contributed by atoms with van der Waals surface area (Å²) in [6, 6.07) is 71.8. The topological polar surface area (TPSA) is 29.5 Å². The molecule has 11 aromatic rings. The summed E-state index contributed by atoms with van der Waals surface area (Å²) in [4.78, 5) is 2.35. The van der Waals surface area contributed by atoms with E-state index in [0.29, 0.717) is 0 Å². The van der Waals surface area contributed by atoms with E-state index < -0.39 is 0 Å². The molecule has 0 amide bonds. The molecule has 0 atom stereocenters. The molecule has 0 unspecified atom stereocenters. The number of benzene rings is 9.